The van der Waals surface area contributed by atoms with Crippen molar-refractivity contribution in [3.63, 3.8) is 0 Å². The van der Waals surface area contributed by atoms with Crippen LogP contribution in [-0.2, 0) is 19.9 Å². The van der Waals surface area contributed by atoms with E-state index in [1.54, 1.807) is 16.9 Å². The maximum absolute atomic E-state index is 14.2. The molecule has 8 heteroatoms. The van der Waals surface area contributed by atoms with E-state index in [0.29, 0.717) is 37.8 Å². The second-order valence-electron chi connectivity index (χ2n) is 10.2. The van der Waals surface area contributed by atoms with Crippen LogP contribution in [0.1, 0.15) is 49.4 Å². The van der Waals surface area contributed by atoms with Gasteiger partial charge in [-0.3, -0.25) is 9.59 Å². The number of carbonyl (C=O) groups is 2. The summed E-state index contributed by atoms with van der Waals surface area (Å²) < 4.78 is 17.5. The largest absolute Gasteiger partial charge is 0.493 e. The summed E-state index contributed by atoms with van der Waals surface area (Å²) in [5.41, 5.74) is 2.55. The fourth-order valence-corrected chi connectivity index (χ4v) is 6.41. The molecule has 3 aliphatic rings. The predicted octanol–water partition coefficient (Wildman–Crippen LogP) is 3.79. The summed E-state index contributed by atoms with van der Waals surface area (Å²) in [6.45, 7) is 5.90. The molecule has 194 valence electrons. The SMILES string of the molecule is CCOc1c(OC)cccc1C1CN2C(=O)CN(CC3CCCO3)C(=O)C2(C)c2[nH]c3ccccc3c21. The second-order valence-corrected chi connectivity index (χ2v) is 10.2. The number of amides is 2. The summed E-state index contributed by atoms with van der Waals surface area (Å²) in [5.74, 6) is 1.00. The fraction of sp³-hybridized carbons (Fsp3) is 0.448. The summed E-state index contributed by atoms with van der Waals surface area (Å²) in [7, 11) is 1.63. The molecule has 3 aromatic rings. The van der Waals surface area contributed by atoms with E-state index in [9.17, 15) is 9.59 Å². The molecular formula is C29H33N3O5. The van der Waals surface area contributed by atoms with Crippen molar-refractivity contribution in [2.24, 2.45) is 0 Å². The third-order valence-corrected chi connectivity index (χ3v) is 8.16. The van der Waals surface area contributed by atoms with Crippen molar-refractivity contribution in [1.29, 1.82) is 0 Å². The van der Waals surface area contributed by atoms with Crippen molar-refractivity contribution in [3.8, 4) is 11.5 Å². The van der Waals surface area contributed by atoms with E-state index in [1.807, 2.05) is 50.2 Å². The lowest BCUT2D eigenvalue weighted by Gasteiger charge is -2.51. The molecule has 0 bridgehead atoms. The van der Waals surface area contributed by atoms with Gasteiger partial charge in [0, 0.05) is 42.1 Å². The highest BCUT2D eigenvalue weighted by Gasteiger charge is 2.56. The number of rotatable bonds is 6. The lowest BCUT2D eigenvalue weighted by Crippen LogP contribution is -2.68. The quantitative estimate of drug-likeness (QED) is 0.554. The van der Waals surface area contributed by atoms with Gasteiger partial charge in [-0.15, -0.1) is 0 Å². The molecule has 4 heterocycles. The zero-order valence-electron chi connectivity index (χ0n) is 21.6. The number of methoxy groups -OCH3 is 1. The molecule has 2 saturated heterocycles. The van der Waals surface area contributed by atoms with E-state index >= 15 is 0 Å². The Balaban J connectivity index is 1.53. The van der Waals surface area contributed by atoms with Gasteiger partial charge in [-0.05, 0) is 44.4 Å². The lowest BCUT2D eigenvalue weighted by atomic mass is 9.76. The molecule has 0 spiro atoms. The van der Waals surface area contributed by atoms with Gasteiger partial charge in [0.15, 0.2) is 17.0 Å². The van der Waals surface area contributed by atoms with Crippen molar-refractivity contribution in [3.05, 3.63) is 59.3 Å². The Hall–Kier alpha value is -3.52. The number of fused-ring (bicyclic) bond motifs is 5. The number of ether oxygens (including phenoxy) is 3. The Morgan fingerprint density at radius 2 is 2.00 bits per heavy atom. The number of aromatic nitrogens is 1. The number of H-pyrrole nitrogens is 1. The van der Waals surface area contributed by atoms with Crippen molar-refractivity contribution in [1.82, 2.24) is 14.8 Å². The smallest absolute Gasteiger partial charge is 0.255 e. The van der Waals surface area contributed by atoms with Gasteiger partial charge in [0.2, 0.25) is 5.91 Å². The zero-order chi connectivity index (χ0) is 25.7. The topological polar surface area (TPSA) is 84.1 Å². The number of piperazine rings is 1. The maximum Gasteiger partial charge on any atom is 0.255 e. The number of hydrogen-bond donors (Lipinski definition) is 1. The molecule has 8 nitrogen and oxygen atoms in total. The second kappa shape index (κ2) is 9.10. The van der Waals surface area contributed by atoms with Crippen molar-refractivity contribution in [2.75, 3.05) is 40.0 Å². The summed E-state index contributed by atoms with van der Waals surface area (Å²) in [6.07, 6.45) is 1.88. The van der Waals surface area contributed by atoms with Gasteiger partial charge in [0.1, 0.15) is 0 Å². The first-order valence-corrected chi connectivity index (χ1v) is 13.1. The van der Waals surface area contributed by atoms with Crippen LogP contribution in [0.3, 0.4) is 0 Å². The maximum atomic E-state index is 14.2. The van der Waals surface area contributed by atoms with Crippen LogP contribution in [0.4, 0.5) is 0 Å². The van der Waals surface area contributed by atoms with Gasteiger partial charge in [0.25, 0.3) is 5.91 Å². The van der Waals surface area contributed by atoms with E-state index in [0.717, 1.165) is 40.6 Å². The molecule has 0 saturated carbocycles. The van der Waals surface area contributed by atoms with Crippen molar-refractivity contribution >= 4 is 22.7 Å². The molecule has 6 rings (SSSR count). The Morgan fingerprint density at radius 3 is 2.76 bits per heavy atom. The molecule has 3 unspecified atom stereocenters. The average molecular weight is 504 g/mol. The van der Waals surface area contributed by atoms with Gasteiger partial charge in [-0.1, -0.05) is 30.3 Å². The number of para-hydroxylation sites is 2. The third kappa shape index (κ3) is 3.61. The highest BCUT2D eigenvalue weighted by atomic mass is 16.5. The highest BCUT2D eigenvalue weighted by molar-refractivity contribution is 6.01. The Labute approximate surface area is 216 Å². The van der Waals surface area contributed by atoms with Crippen LogP contribution in [0, 0.1) is 0 Å². The zero-order valence-corrected chi connectivity index (χ0v) is 21.6. The van der Waals surface area contributed by atoms with Crippen LogP contribution < -0.4 is 9.47 Å². The summed E-state index contributed by atoms with van der Waals surface area (Å²) in [5, 5.41) is 1.05. The summed E-state index contributed by atoms with van der Waals surface area (Å²) >= 11 is 0. The van der Waals surface area contributed by atoms with Crippen LogP contribution >= 0.6 is 0 Å². The predicted molar refractivity (Wildman–Crippen MR) is 139 cm³/mol. The Kier molecular flexibility index (Phi) is 5.87. The van der Waals surface area contributed by atoms with Crippen molar-refractivity contribution < 1.29 is 23.8 Å². The van der Waals surface area contributed by atoms with Crippen LogP contribution in [0.5, 0.6) is 11.5 Å². The molecule has 2 aromatic carbocycles. The standard InChI is InChI=1S/C29H33N3O5/c1-4-36-26-19(11-7-13-23(26)35-3)21-16-32-24(33)17-31(15-18-9-8-14-37-18)28(34)29(32,2)27-25(21)20-10-5-6-12-22(20)30-27/h5-7,10-13,18,21,30H,4,8-9,14-17H2,1-3H3. The molecule has 37 heavy (non-hydrogen) atoms. The number of carbonyl (C=O) groups excluding carboxylic acids is 2. The van der Waals surface area contributed by atoms with Gasteiger partial charge in [-0.2, -0.15) is 0 Å². The van der Waals surface area contributed by atoms with Crippen LogP contribution in [0.15, 0.2) is 42.5 Å². The molecule has 3 atom stereocenters. The highest BCUT2D eigenvalue weighted by Crippen LogP contribution is 2.50. The van der Waals surface area contributed by atoms with E-state index < -0.39 is 5.54 Å². The number of benzene rings is 2. The molecule has 3 aliphatic heterocycles. The first-order chi connectivity index (χ1) is 18.0. The fourth-order valence-electron chi connectivity index (χ4n) is 6.41. The number of hydrogen-bond acceptors (Lipinski definition) is 5. The molecule has 1 aromatic heterocycles. The van der Waals surface area contributed by atoms with E-state index in [-0.39, 0.29) is 30.4 Å². The van der Waals surface area contributed by atoms with Crippen LogP contribution in [0.2, 0.25) is 0 Å². The van der Waals surface area contributed by atoms with Gasteiger partial charge >= 0.3 is 0 Å². The molecule has 0 radical (unpaired) electrons. The molecule has 2 fully saturated rings. The minimum atomic E-state index is -1.14. The molecule has 0 aliphatic carbocycles. The van der Waals surface area contributed by atoms with Crippen molar-refractivity contribution in [2.45, 2.75) is 44.2 Å². The number of nitrogens with one attached hydrogen (secondary N) is 1. The Morgan fingerprint density at radius 1 is 1.16 bits per heavy atom. The normalized spacial score (nSPS) is 25.4. The summed E-state index contributed by atoms with van der Waals surface area (Å²) in [6, 6.07) is 14.0. The molecule has 2 amide bonds. The van der Waals surface area contributed by atoms with Crippen LogP contribution in [0.25, 0.3) is 10.9 Å². The van der Waals surface area contributed by atoms with Gasteiger partial charge < -0.3 is 29.0 Å². The third-order valence-electron chi connectivity index (χ3n) is 8.16. The van der Waals surface area contributed by atoms with E-state index in [4.69, 9.17) is 14.2 Å². The average Bonchev–Trinajstić information content (AvgIpc) is 3.56. The summed E-state index contributed by atoms with van der Waals surface area (Å²) in [4.78, 5) is 34.9. The number of aromatic amines is 1. The Bertz CT molecular complexity index is 1360. The minimum absolute atomic E-state index is 0.0176. The van der Waals surface area contributed by atoms with Gasteiger partial charge in [0.05, 0.1) is 32.1 Å². The number of nitrogens with zero attached hydrogens (tertiary/aromatic N) is 2. The van der Waals surface area contributed by atoms with Gasteiger partial charge in [-0.25, -0.2) is 0 Å². The lowest BCUT2D eigenvalue weighted by molar-refractivity contribution is -0.167. The monoisotopic (exact) mass is 503 g/mol. The minimum Gasteiger partial charge on any atom is -0.493 e. The van der Waals surface area contributed by atoms with E-state index in [2.05, 4.69) is 11.1 Å². The molecule has 1 N–H and O–H groups in total. The first kappa shape index (κ1) is 23.9. The van der Waals surface area contributed by atoms with Crippen LogP contribution in [-0.4, -0.2) is 72.7 Å². The first-order valence-electron chi connectivity index (χ1n) is 13.1. The van der Waals surface area contributed by atoms with E-state index in [1.165, 1.54) is 0 Å². The molecular weight excluding hydrogens is 470 g/mol.